The fraction of sp³-hybridized carbons (Fsp3) is 0.188. The second kappa shape index (κ2) is 12.1. The van der Waals surface area contributed by atoms with Crippen LogP contribution in [0.3, 0.4) is 0 Å². The average Bonchev–Trinajstić information content (AvgIpc) is 3.39. The molecule has 0 aliphatic rings. The van der Waals surface area contributed by atoms with Crippen molar-refractivity contribution in [1.29, 1.82) is 0 Å². The van der Waals surface area contributed by atoms with Gasteiger partial charge in [0.05, 0.1) is 35.4 Å². The molecule has 0 radical (unpaired) electrons. The highest BCUT2D eigenvalue weighted by Crippen LogP contribution is 2.31. The van der Waals surface area contributed by atoms with Crippen LogP contribution >= 0.6 is 0 Å². The first-order valence-corrected chi connectivity index (χ1v) is 15.1. The van der Waals surface area contributed by atoms with Crippen LogP contribution in [0.4, 0.5) is 11.4 Å². The van der Waals surface area contributed by atoms with Crippen LogP contribution in [-0.4, -0.2) is 48.2 Å². The first-order valence-electron chi connectivity index (χ1n) is 13.7. The van der Waals surface area contributed by atoms with E-state index in [1.165, 1.54) is 12.3 Å². The number of fused-ring (bicyclic) bond motifs is 1. The summed E-state index contributed by atoms with van der Waals surface area (Å²) in [6.45, 7) is 7.03. The molecule has 2 heterocycles. The van der Waals surface area contributed by atoms with Crippen LogP contribution in [0.2, 0.25) is 0 Å². The van der Waals surface area contributed by atoms with E-state index in [1.807, 2.05) is 19.9 Å². The topological polar surface area (TPSA) is 123 Å². The van der Waals surface area contributed by atoms with Crippen LogP contribution < -0.4 is 9.62 Å². The molecular weight excluding hydrogens is 566 g/mol. The van der Waals surface area contributed by atoms with Crippen molar-refractivity contribution in [3.8, 4) is 5.69 Å². The number of benzene rings is 3. The standard InChI is InChI=1S/C32H31N5O5S/c1-5-42-32(39)27-19-34-37(23(27)4)26-16-14-25(15-17-26)35-30(38)20-36(28-12-6-9-21(2)22(28)3)43(40,41)29-13-7-10-24-11-8-18-33-31(24)29/h6-19H,5,20H2,1-4H3,(H,35,38). The number of aromatic nitrogens is 3. The van der Waals surface area contributed by atoms with Gasteiger partial charge in [-0.2, -0.15) is 5.10 Å². The van der Waals surface area contributed by atoms with E-state index in [-0.39, 0.29) is 11.5 Å². The van der Waals surface area contributed by atoms with Crippen molar-refractivity contribution in [2.45, 2.75) is 32.6 Å². The Labute approximate surface area is 250 Å². The largest absolute Gasteiger partial charge is 0.462 e. The van der Waals surface area contributed by atoms with E-state index in [4.69, 9.17) is 4.74 Å². The minimum absolute atomic E-state index is 0.0143. The van der Waals surface area contributed by atoms with Crippen LogP contribution in [-0.2, 0) is 19.6 Å². The minimum Gasteiger partial charge on any atom is -0.462 e. The van der Waals surface area contributed by atoms with Gasteiger partial charge in [-0.05, 0) is 81.3 Å². The summed E-state index contributed by atoms with van der Waals surface area (Å²) in [7, 11) is -4.20. The number of esters is 1. The summed E-state index contributed by atoms with van der Waals surface area (Å²) < 4.78 is 36.2. The van der Waals surface area contributed by atoms with Gasteiger partial charge in [0.1, 0.15) is 17.0 Å². The van der Waals surface area contributed by atoms with Crippen molar-refractivity contribution in [3.05, 3.63) is 108 Å². The Morgan fingerprint density at radius 1 is 0.953 bits per heavy atom. The van der Waals surface area contributed by atoms with Gasteiger partial charge >= 0.3 is 5.97 Å². The van der Waals surface area contributed by atoms with Crippen LogP contribution in [0.15, 0.2) is 90.1 Å². The van der Waals surface area contributed by atoms with E-state index in [0.29, 0.717) is 39.2 Å². The van der Waals surface area contributed by atoms with Crippen molar-refractivity contribution in [2.75, 3.05) is 22.8 Å². The van der Waals surface area contributed by atoms with Crippen LogP contribution in [0.5, 0.6) is 0 Å². The molecule has 1 N–H and O–H groups in total. The van der Waals surface area contributed by atoms with E-state index in [0.717, 1.165) is 15.4 Å². The van der Waals surface area contributed by atoms with E-state index in [9.17, 15) is 18.0 Å². The Morgan fingerprint density at radius 3 is 2.42 bits per heavy atom. The Morgan fingerprint density at radius 2 is 1.67 bits per heavy atom. The molecule has 0 bridgehead atoms. The fourth-order valence-electron chi connectivity index (χ4n) is 4.80. The first kappa shape index (κ1) is 29.5. The number of anilines is 2. The lowest BCUT2D eigenvalue weighted by Crippen LogP contribution is -2.38. The summed E-state index contributed by atoms with van der Waals surface area (Å²) >= 11 is 0. The van der Waals surface area contributed by atoms with Crippen molar-refractivity contribution < 1.29 is 22.7 Å². The highest BCUT2D eigenvalue weighted by molar-refractivity contribution is 7.93. The monoisotopic (exact) mass is 597 g/mol. The second-order valence-corrected chi connectivity index (χ2v) is 11.8. The summed E-state index contributed by atoms with van der Waals surface area (Å²) in [4.78, 5) is 29.9. The Kier molecular flexibility index (Phi) is 8.27. The predicted molar refractivity (Wildman–Crippen MR) is 165 cm³/mol. The third-order valence-electron chi connectivity index (χ3n) is 7.20. The molecule has 0 atom stereocenters. The molecule has 43 heavy (non-hydrogen) atoms. The normalized spacial score (nSPS) is 11.3. The highest BCUT2D eigenvalue weighted by Gasteiger charge is 2.30. The van der Waals surface area contributed by atoms with E-state index in [2.05, 4.69) is 15.4 Å². The molecule has 0 saturated carbocycles. The molecule has 10 nitrogen and oxygen atoms in total. The number of hydrogen-bond donors (Lipinski definition) is 1. The zero-order valence-electron chi connectivity index (χ0n) is 24.2. The molecule has 5 aromatic rings. The molecule has 0 unspecified atom stereocenters. The summed E-state index contributed by atoms with van der Waals surface area (Å²) in [5, 5.41) is 7.78. The molecule has 3 aromatic carbocycles. The SMILES string of the molecule is CCOC(=O)c1cnn(-c2ccc(NC(=O)CN(c3cccc(C)c3C)S(=O)(=O)c3cccc4cccnc34)cc2)c1C. The molecule has 1 amide bonds. The number of nitrogens with one attached hydrogen (secondary N) is 1. The number of amides is 1. The Balaban J connectivity index is 1.43. The zero-order chi connectivity index (χ0) is 30.7. The second-order valence-electron chi connectivity index (χ2n) is 9.93. The van der Waals surface area contributed by atoms with Crippen molar-refractivity contribution >= 4 is 44.2 Å². The summed E-state index contributed by atoms with van der Waals surface area (Å²) in [6, 6.07) is 20.7. The average molecular weight is 598 g/mol. The fourth-order valence-corrected chi connectivity index (χ4v) is 6.45. The smallest absolute Gasteiger partial charge is 0.341 e. The Bertz CT molecular complexity index is 1930. The van der Waals surface area contributed by atoms with E-state index < -0.39 is 28.4 Å². The lowest BCUT2D eigenvalue weighted by molar-refractivity contribution is -0.114. The molecular formula is C32H31N5O5S. The number of sulfonamides is 1. The van der Waals surface area contributed by atoms with Gasteiger partial charge in [-0.25, -0.2) is 17.9 Å². The maximum atomic E-state index is 14.2. The predicted octanol–water partition coefficient (Wildman–Crippen LogP) is 5.36. The van der Waals surface area contributed by atoms with Gasteiger partial charge < -0.3 is 10.1 Å². The quantitative estimate of drug-likeness (QED) is 0.227. The summed E-state index contributed by atoms with van der Waals surface area (Å²) in [5.74, 6) is -0.969. The number of carbonyl (C=O) groups excluding carboxylic acids is 2. The molecule has 0 saturated heterocycles. The van der Waals surface area contributed by atoms with Gasteiger partial charge in [0.25, 0.3) is 10.0 Å². The molecule has 0 aliphatic heterocycles. The lowest BCUT2D eigenvalue weighted by Gasteiger charge is -2.26. The third kappa shape index (κ3) is 5.84. The first-order chi connectivity index (χ1) is 20.6. The number of ether oxygens (including phenoxy) is 1. The number of pyridine rings is 1. The van der Waals surface area contributed by atoms with Gasteiger partial charge in [-0.1, -0.05) is 30.3 Å². The Hall–Kier alpha value is -5.03. The molecule has 220 valence electrons. The van der Waals surface area contributed by atoms with Gasteiger partial charge in [0.2, 0.25) is 5.91 Å². The number of carbonyl (C=O) groups is 2. The highest BCUT2D eigenvalue weighted by atomic mass is 32.2. The van der Waals surface area contributed by atoms with Crippen molar-refractivity contribution in [2.24, 2.45) is 0 Å². The van der Waals surface area contributed by atoms with Gasteiger partial charge in [0, 0.05) is 17.3 Å². The van der Waals surface area contributed by atoms with Gasteiger partial charge in [0.15, 0.2) is 0 Å². The van der Waals surface area contributed by atoms with Crippen LogP contribution in [0, 0.1) is 20.8 Å². The number of para-hydroxylation sites is 1. The zero-order valence-corrected chi connectivity index (χ0v) is 25.1. The van der Waals surface area contributed by atoms with Gasteiger partial charge in [-0.3, -0.25) is 14.1 Å². The van der Waals surface area contributed by atoms with Crippen LogP contribution in [0.1, 0.15) is 34.1 Å². The lowest BCUT2D eigenvalue weighted by atomic mass is 10.1. The molecule has 0 fully saturated rings. The van der Waals surface area contributed by atoms with E-state index >= 15 is 0 Å². The summed E-state index contributed by atoms with van der Waals surface area (Å²) in [6.07, 6.45) is 3.00. The van der Waals surface area contributed by atoms with Crippen molar-refractivity contribution in [1.82, 2.24) is 14.8 Å². The molecule has 5 rings (SSSR count). The molecule has 11 heteroatoms. The molecule has 2 aromatic heterocycles. The number of aryl methyl sites for hydroxylation is 1. The van der Waals surface area contributed by atoms with Gasteiger partial charge in [-0.15, -0.1) is 0 Å². The van der Waals surface area contributed by atoms with E-state index in [1.54, 1.807) is 85.4 Å². The number of nitrogens with zero attached hydrogens (tertiary/aromatic N) is 4. The number of rotatable bonds is 9. The molecule has 0 aliphatic carbocycles. The van der Waals surface area contributed by atoms with Crippen LogP contribution in [0.25, 0.3) is 16.6 Å². The summed E-state index contributed by atoms with van der Waals surface area (Å²) in [5.41, 5.74) is 4.50. The number of hydrogen-bond acceptors (Lipinski definition) is 7. The minimum atomic E-state index is -4.20. The van der Waals surface area contributed by atoms with Crippen molar-refractivity contribution in [3.63, 3.8) is 0 Å². The maximum absolute atomic E-state index is 14.2. The maximum Gasteiger partial charge on any atom is 0.341 e. The molecule has 0 spiro atoms. The third-order valence-corrected chi connectivity index (χ3v) is 8.99.